The number of rotatable bonds is 1. The number of aryl methyl sites for hydroxylation is 1. The average molecular weight is 277 g/mol. The zero-order valence-electron chi connectivity index (χ0n) is 9.45. The van der Waals surface area contributed by atoms with Crippen molar-refractivity contribution < 1.29 is 13.2 Å². The lowest BCUT2D eigenvalue weighted by Crippen LogP contribution is -2.44. The summed E-state index contributed by atoms with van der Waals surface area (Å²) in [6.07, 6.45) is -4.30. The van der Waals surface area contributed by atoms with E-state index >= 15 is 0 Å². The molecule has 3 rings (SSSR count). The van der Waals surface area contributed by atoms with E-state index in [1.807, 2.05) is 0 Å². The lowest BCUT2D eigenvalue weighted by Gasteiger charge is -2.27. The molecule has 1 saturated heterocycles. The van der Waals surface area contributed by atoms with Crippen molar-refractivity contribution in [3.63, 3.8) is 0 Å². The zero-order chi connectivity index (χ0) is 13.0. The average Bonchev–Trinajstić information content (AvgIpc) is 2.94. The predicted octanol–water partition coefficient (Wildman–Crippen LogP) is 1.29. The molecule has 2 aromatic rings. The SMILES string of the molecule is Cc1nnc2sc(C3(C(F)(F)F)CCNC3)nn12. The quantitative estimate of drug-likeness (QED) is 0.853. The number of alkyl halides is 3. The van der Waals surface area contributed by atoms with E-state index in [1.54, 1.807) is 6.92 Å². The van der Waals surface area contributed by atoms with Crippen molar-refractivity contribution in [3.8, 4) is 0 Å². The van der Waals surface area contributed by atoms with E-state index in [4.69, 9.17) is 0 Å². The molecule has 98 valence electrons. The Morgan fingerprint density at radius 3 is 2.72 bits per heavy atom. The van der Waals surface area contributed by atoms with Crippen LogP contribution in [0.15, 0.2) is 0 Å². The zero-order valence-corrected chi connectivity index (χ0v) is 10.3. The third-order valence-electron chi connectivity index (χ3n) is 3.25. The predicted molar refractivity (Wildman–Crippen MR) is 58.6 cm³/mol. The fourth-order valence-electron chi connectivity index (χ4n) is 2.15. The van der Waals surface area contributed by atoms with Crippen molar-refractivity contribution in [2.45, 2.75) is 24.9 Å². The van der Waals surface area contributed by atoms with Crippen LogP contribution in [0.5, 0.6) is 0 Å². The first-order valence-electron chi connectivity index (χ1n) is 5.41. The molecule has 0 saturated carbocycles. The van der Waals surface area contributed by atoms with Crippen LogP contribution in [0.4, 0.5) is 13.2 Å². The Bertz CT molecular complexity index is 581. The number of halogens is 3. The fourth-order valence-corrected chi connectivity index (χ4v) is 3.27. The summed E-state index contributed by atoms with van der Waals surface area (Å²) >= 11 is 0.959. The van der Waals surface area contributed by atoms with E-state index in [-0.39, 0.29) is 18.0 Å². The summed E-state index contributed by atoms with van der Waals surface area (Å²) in [4.78, 5) is 0.401. The molecule has 0 amide bonds. The number of hydrogen-bond donors (Lipinski definition) is 1. The second kappa shape index (κ2) is 3.64. The Hall–Kier alpha value is -1.22. The molecular weight excluding hydrogens is 267 g/mol. The van der Waals surface area contributed by atoms with E-state index in [0.29, 0.717) is 17.3 Å². The van der Waals surface area contributed by atoms with E-state index in [1.165, 1.54) is 4.52 Å². The first-order chi connectivity index (χ1) is 8.44. The van der Waals surface area contributed by atoms with Crippen LogP contribution in [-0.2, 0) is 5.41 Å². The van der Waals surface area contributed by atoms with Crippen LogP contribution in [0.3, 0.4) is 0 Å². The van der Waals surface area contributed by atoms with Crippen LogP contribution in [0.25, 0.3) is 4.96 Å². The highest BCUT2D eigenvalue weighted by atomic mass is 32.1. The van der Waals surface area contributed by atoms with E-state index in [9.17, 15) is 13.2 Å². The highest BCUT2D eigenvalue weighted by molar-refractivity contribution is 7.16. The van der Waals surface area contributed by atoms with Gasteiger partial charge in [0.05, 0.1) is 0 Å². The molecule has 0 aliphatic carbocycles. The fraction of sp³-hybridized carbons (Fsp3) is 0.667. The maximum atomic E-state index is 13.3. The van der Waals surface area contributed by atoms with Crippen LogP contribution >= 0.6 is 11.3 Å². The van der Waals surface area contributed by atoms with Gasteiger partial charge in [0, 0.05) is 6.54 Å². The smallest absolute Gasteiger partial charge is 0.315 e. The Morgan fingerprint density at radius 2 is 2.17 bits per heavy atom. The number of nitrogens with zero attached hydrogens (tertiary/aromatic N) is 4. The highest BCUT2D eigenvalue weighted by Gasteiger charge is 2.59. The molecule has 1 aliphatic heterocycles. The molecule has 0 bridgehead atoms. The van der Waals surface area contributed by atoms with Gasteiger partial charge in [-0.1, -0.05) is 11.3 Å². The molecule has 9 heteroatoms. The summed E-state index contributed by atoms with van der Waals surface area (Å²) < 4.78 is 41.3. The third-order valence-corrected chi connectivity index (χ3v) is 4.36. The van der Waals surface area contributed by atoms with Crippen molar-refractivity contribution in [2.24, 2.45) is 0 Å². The van der Waals surface area contributed by atoms with E-state index in [0.717, 1.165) is 11.3 Å². The number of nitrogens with one attached hydrogen (secondary N) is 1. The maximum absolute atomic E-state index is 13.3. The molecule has 3 heterocycles. The summed E-state index contributed by atoms with van der Waals surface area (Å²) in [5.74, 6) is 0.496. The normalized spacial score (nSPS) is 25.1. The van der Waals surface area contributed by atoms with Crippen LogP contribution in [0, 0.1) is 6.92 Å². The summed E-state index contributed by atoms with van der Waals surface area (Å²) in [6, 6.07) is 0. The van der Waals surface area contributed by atoms with E-state index < -0.39 is 11.6 Å². The lowest BCUT2D eigenvalue weighted by atomic mass is 9.87. The summed E-state index contributed by atoms with van der Waals surface area (Å²) in [6.45, 7) is 1.88. The lowest BCUT2D eigenvalue weighted by molar-refractivity contribution is -0.185. The highest BCUT2D eigenvalue weighted by Crippen LogP contribution is 2.46. The topological polar surface area (TPSA) is 55.1 Å². The molecule has 1 N–H and O–H groups in total. The second-order valence-corrected chi connectivity index (χ2v) is 5.31. The van der Waals surface area contributed by atoms with Gasteiger partial charge in [-0.05, 0) is 19.9 Å². The van der Waals surface area contributed by atoms with Crippen molar-refractivity contribution in [1.82, 2.24) is 25.1 Å². The van der Waals surface area contributed by atoms with Gasteiger partial charge in [0.25, 0.3) is 0 Å². The summed E-state index contributed by atoms with van der Waals surface area (Å²) in [7, 11) is 0. The molecule has 0 radical (unpaired) electrons. The molecule has 2 aromatic heterocycles. The minimum absolute atomic E-state index is 0.0135. The van der Waals surface area contributed by atoms with Gasteiger partial charge in [0.2, 0.25) is 4.96 Å². The maximum Gasteiger partial charge on any atom is 0.402 e. The van der Waals surface area contributed by atoms with Gasteiger partial charge >= 0.3 is 6.18 Å². The minimum Gasteiger partial charge on any atom is -0.315 e. The molecule has 18 heavy (non-hydrogen) atoms. The molecular formula is C9H10F3N5S. The molecule has 1 unspecified atom stereocenters. The molecule has 0 aromatic carbocycles. The number of aromatic nitrogens is 4. The Kier molecular flexibility index (Phi) is 2.39. The number of fused-ring (bicyclic) bond motifs is 1. The molecule has 1 fully saturated rings. The Balaban J connectivity index is 2.15. The Morgan fingerprint density at radius 1 is 1.39 bits per heavy atom. The van der Waals surface area contributed by atoms with Gasteiger partial charge in [0.15, 0.2) is 5.82 Å². The van der Waals surface area contributed by atoms with Gasteiger partial charge in [-0.15, -0.1) is 10.2 Å². The van der Waals surface area contributed by atoms with E-state index in [2.05, 4.69) is 20.6 Å². The van der Waals surface area contributed by atoms with Gasteiger partial charge in [-0.2, -0.15) is 22.8 Å². The monoisotopic (exact) mass is 277 g/mol. The van der Waals surface area contributed by atoms with Crippen LogP contribution in [-0.4, -0.2) is 39.1 Å². The van der Waals surface area contributed by atoms with Crippen molar-refractivity contribution in [3.05, 3.63) is 10.8 Å². The third kappa shape index (κ3) is 1.46. The molecule has 5 nitrogen and oxygen atoms in total. The van der Waals surface area contributed by atoms with Gasteiger partial charge in [0.1, 0.15) is 10.4 Å². The van der Waals surface area contributed by atoms with Crippen LogP contribution < -0.4 is 5.32 Å². The molecule has 1 atom stereocenters. The summed E-state index contributed by atoms with van der Waals surface area (Å²) in [5.41, 5.74) is -1.88. The van der Waals surface area contributed by atoms with Crippen molar-refractivity contribution in [1.29, 1.82) is 0 Å². The first kappa shape index (κ1) is 11.8. The van der Waals surface area contributed by atoms with Gasteiger partial charge < -0.3 is 5.32 Å². The number of hydrogen-bond acceptors (Lipinski definition) is 5. The molecule has 0 spiro atoms. The van der Waals surface area contributed by atoms with Crippen molar-refractivity contribution in [2.75, 3.05) is 13.1 Å². The molecule has 1 aliphatic rings. The largest absolute Gasteiger partial charge is 0.402 e. The second-order valence-electron chi connectivity index (χ2n) is 4.36. The van der Waals surface area contributed by atoms with Crippen LogP contribution in [0.1, 0.15) is 17.3 Å². The van der Waals surface area contributed by atoms with Gasteiger partial charge in [-0.3, -0.25) is 0 Å². The van der Waals surface area contributed by atoms with Gasteiger partial charge in [-0.25, -0.2) is 0 Å². The Labute approximate surface area is 104 Å². The minimum atomic E-state index is -4.31. The first-order valence-corrected chi connectivity index (χ1v) is 6.22. The van der Waals surface area contributed by atoms with Crippen LogP contribution in [0.2, 0.25) is 0 Å². The standard InChI is InChI=1S/C9H10F3N5S/c1-5-14-15-7-17(5)16-6(18-7)8(9(10,11)12)2-3-13-4-8/h13H,2-4H2,1H3. The summed E-state index contributed by atoms with van der Waals surface area (Å²) in [5, 5.41) is 14.5. The van der Waals surface area contributed by atoms with Crippen molar-refractivity contribution >= 4 is 16.3 Å².